The number of hydrogen-bond donors (Lipinski definition) is 1. The van der Waals surface area contributed by atoms with Gasteiger partial charge < -0.3 is 14.5 Å². The molecule has 8 heteroatoms. The Labute approximate surface area is 146 Å². The first-order valence-corrected chi connectivity index (χ1v) is 8.91. The van der Waals surface area contributed by atoms with Crippen LogP contribution in [0, 0.1) is 0 Å². The minimum absolute atomic E-state index is 0.169. The summed E-state index contributed by atoms with van der Waals surface area (Å²) in [5.74, 6) is 1.31. The predicted octanol–water partition coefficient (Wildman–Crippen LogP) is 3.75. The van der Waals surface area contributed by atoms with Gasteiger partial charge >= 0.3 is 0 Å². The zero-order valence-corrected chi connectivity index (χ0v) is 14.6. The van der Waals surface area contributed by atoms with E-state index in [1.165, 1.54) is 23.1 Å². The van der Waals surface area contributed by atoms with Crippen molar-refractivity contribution in [3.8, 4) is 5.75 Å². The van der Waals surface area contributed by atoms with E-state index in [1.54, 1.807) is 19.4 Å². The van der Waals surface area contributed by atoms with Crippen LogP contribution in [0.3, 0.4) is 0 Å². The van der Waals surface area contributed by atoms with Gasteiger partial charge in [-0.3, -0.25) is 4.79 Å². The molecule has 0 atom stereocenters. The molecule has 0 saturated carbocycles. The summed E-state index contributed by atoms with van der Waals surface area (Å²) in [4.78, 5) is 12.2. The lowest BCUT2D eigenvalue weighted by molar-refractivity contribution is -0.115. The molecule has 0 aliphatic heterocycles. The van der Waals surface area contributed by atoms with Crippen molar-refractivity contribution in [2.24, 2.45) is 0 Å². The Kier molecular flexibility index (Phi) is 5.17. The molecule has 1 N–H and O–H groups in total. The second-order valence-electron chi connectivity index (χ2n) is 4.82. The summed E-state index contributed by atoms with van der Waals surface area (Å²) in [6.45, 7) is 3.66. The Morgan fingerprint density at radius 1 is 1.50 bits per heavy atom. The van der Waals surface area contributed by atoms with Crippen LogP contribution >= 0.6 is 23.1 Å². The number of benzene rings is 1. The number of nitrogens with one attached hydrogen (secondary N) is 1. The van der Waals surface area contributed by atoms with Crippen molar-refractivity contribution >= 4 is 45.1 Å². The lowest BCUT2D eigenvalue weighted by Crippen LogP contribution is -2.14. The van der Waals surface area contributed by atoms with Crippen LogP contribution in [0.15, 0.2) is 45.9 Å². The van der Waals surface area contributed by atoms with Crippen LogP contribution in [0.4, 0.5) is 5.13 Å². The Morgan fingerprint density at radius 2 is 2.38 bits per heavy atom. The summed E-state index contributed by atoms with van der Waals surface area (Å²) in [6.07, 6.45) is 3.58. The predicted molar refractivity (Wildman–Crippen MR) is 95.9 cm³/mol. The smallest absolute Gasteiger partial charge is 0.230 e. The molecule has 1 aromatic carbocycles. The summed E-state index contributed by atoms with van der Waals surface area (Å²) in [7, 11) is 1.60. The van der Waals surface area contributed by atoms with Crippen molar-refractivity contribution in [3.63, 3.8) is 0 Å². The van der Waals surface area contributed by atoms with E-state index in [0.717, 1.165) is 32.4 Å². The number of carbonyl (C=O) groups is 1. The standard InChI is InChI=1S/C16H15N3O3S2/c1-3-6-23-16-19-18-15(24-16)17-14(20)7-10-9-22-13-5-4-11(21-2)8-12(10)13/h3-5,8-9H,1,6-7H2,2H3,(H,17,18,20). The maximum Gasteiger partial charge on any atom is 0.230 e. The maximum atomic E-state index is 12.2. The van der Waals surface area contributed by atoms with Crippen LogP contribution in [0.5, 0.6) is 5.75 Å². The highest BCUT2D eigenvalue weighted by Crippen LogP contribution is 2.27. The highest BCUT2D eigenvalue weighted by Gasteiger charge is 2.13. The lowest BCUT2D eigenvalue weighted by atomic mass is 10.1. The quantitative estimate of drug-likeness (QED) is 0.392. The van der Waals surface area contributed by atoms with Crippen LogP contribution in [0.2, 0.25) is 0 Å². The van der Waals surface area contributed by atoms with E-state index in [1.807, 2.05) is 18.2 Å². The van der Waals surface area contributed by atoms with Gasteiger partial charge in [-0.05, 0) is 18.2 Å². The SMILES string of the molecule is C=CCSc1nnc(NC(=O)Cc2coc3ccc(OC)cc23)s1. The Morgan fingerprint density at radius 3 is 3.17 bits per heavy atom. The van der Waals surface area contributed by atoms with E-state index >= 15 is 0 Å². The van der Waals surface area contributed by atoms with Crippen molar-refractivity contribution in [2.45, 2.75) is 10.8 Å². The number of fused-ring (bicyclic) bond motifs is 1. The van der Waals surface area contributed by atoms with E-state index in [-0.39, 0.29) is 12.3 Å². The molecular formula is C16H15N3O3S2. The van der Waals surface area contributed by atoms with Crippen molar-refractivity contribution < 1.29 is 13.9 Å². The molecule has 2 heterocycles. The number of furan rings is 1. The fourth-order valence-electron chi connectivity index (χ4n) is 2.11. The van der Waals surface area contributed by atoms with Gasteiger partial charge in [0.25, 0.3) is 0 Å². The molecule has 3 aromatic rings. The molecule has 0 fully saturated rings. The van der Waals surface area contributed by atoms with E-state index in [4.69, 9.17) is 9.15 Å². The van der Waals surface area contributed by atoms with Crippen LogP contribution in [-0.4, -0.2) is 29.0 Å². The Balaban J connectivity index is 1.68. The fraction of sp³-hybridized carbons (Fsp3) is 0.188. The monoisotopic (exact) mass is 361 g/mol. The van der Waals surface area contributed by atoms with Gasteiger partial charge in [0.05, 0.1) is 19.8 Å². The van der Waals surface area contributed by atoms with E-state index < -0.39 is 0 Å². The first-order chi connectivity index (χ1) is 11.7. The largest absolute Gasteiger partial charge is 0.497 e. The molecular weight excluding hydrogens is 346 g/mol. The van der Waals surface area contributed by atoms with Gasteiger partial charge in [0.15, 0.2) is 4.34 Å². The maximum absolute atomic E-state index is 12.2. The number of nitrogens with zero attached hydrogens (tertiary/aromatic N) is 2. The normalized spacial score (nSPS) is 10.7. The number of thioether (sulfide) groups is 1. The van der Waals surface area contributed by atoms with Gasteiger partial charge in [0, 0.05) is 16.7 Å². The van der Waals surface area contributed by atoms with Crippen LogP contribution in [-0.2, 0) is 11.2 Å². The Bertz CT molecular complexity index is 872. The van der Waals surface area contributed by atoms with Gasteiger partial charge in [-0.2, -0.15) is 0 Å². The molecule has 2 aromatic heterocycles. The number of aromatic nitrogens is 2. The second-order valence-corrected chi connectivity index (χ2v) is 7.07. The van der Waals surface area contributed by atoms with Gasteiger partial charge in [-0.1, -0.05) is 29.2 Å². The fourth-order valence-corrected chi connectivity index (χ4v) is 3.64. The molecule has 0 saturated heterocycles. The van der Waals surface area contributed by atoms with E-state index in [9.17, 15) is 4.79 Å². The summed E-state index contributed by atoms with van der Waals surface area (Å²) in [5.41, 5.74) is 1.52. The highest BCUT2D eigenvalue weighted by molar-refractivity contribution is 8.01. The first-order valence-electron chi connectivity index (χ1n) is 7.10. The van der Waals surface area contributed by atoms with Crippen molar-refractivity contribution in [3.05, 3.63) is 42.7 Å². The number of rotatable bonds is 7. The molecule has 0 aliphatic carbocycles. The van der Waals surface area contributed by atoms with Crippen LogP contribution in [0.25, 0.3) is 11.0 Å². The van der Waals surface area contributed by atoms with Crippen molar-refractivity contribution in [2.75, 3.05) is 18.2 Å². The van der Waals surface area contributed by atoms with E-state index in [0.29, 0.717) is 5.13 Å². The third-order valence-corrected chi connectivity index (χ3v) is 5.16. The summed E-state index contributed by atoms with van der Waals surface area (Å²) >= 11 is 2.87. The molecule has 0 aliphatic rings. The van der Waals surface area contributed by atoms with Gasteiger partial charge in [0.2, 0.25) is 11.0 Å². The molecule has 1 amide bonds. The number of hydrogen-bond acceptors (Lipinski definition) is 7. The number of carbonyl (C=O) groups excluding carboxylic acids is 1. The van der Waals surface area contributed by atoms with Gasteiger partial charge in [-0.15, -0.1) is 16.8 Å². The molecule has 0 radical (unpaired) electrons. The van der Waals surface area contributed by atoms with Crippen molar-refractivity contribution in [1.29, 1.82) is 0 Å². The molecule has 0 bridgehead atoms. The molecule has 24 heavy (non-hydrogen) atoms. The minimum atomic E-state index is -0.169. The minimum Gasteiger partial charge on any atom is -0.497 e. The summed E-state index contributed by atoms with van der Waals surface area (Å²) in [6, 6.07) is 5.50. The molecule has 6 nitrogen and oxygen atoms in total. The lowest BCUT2D eigenvalue weighted by Gasteiger charge is -2.01. The molecule has 124 valence electrons. The van der Waals surface area contributed by atoms with Crippen LogP contribution in [0.1, 0.15) is 5.56 Å². The second kappa shape index (κ2) is 7.50. The number of methoxy groups -OCH3 is 1. The summed E-state index contributed by atoms with van der Waals surface area (Å²) in [5, 5.41) is 12.1. The van der Waals surface area contributed by atoms with Gasteiger partial charge in [-0.25, -0.2) is 0 Å². The van der Waals surface area contributed by atoms with Crippen LogP contribution < -0.4 is 10.1 Å². The zero-order chi connectivity index (χ0) is 16.9. The number of anilines is 1. The average molecular weight is 361 g/mol. The third-order valence-electron chi connectivity index (χ3n) is 3.19. The molecule has 0 spiro atoms. The molecule has 0 unspecified atom stereocenters. The van der Waals surface area contributed by atoms with Crippen molar-refractivity contribution in [1.82, 2.24) is 10.2 Å². The summed E-state index contributed by atoms with van der Waals surface area (Å²) < 4.78 is 11.5. The van der Waals surface area contributed by atoms with E-state index in [2.05, 4.69) is 22.1 Å². The Hall–Kier alpha value is -2.32. The van der Waals surface area contributed by atoms with Gasteiger partial charge in [0.1, 0.15) is 11.3 Å². The zero-order valence-electron chi connectivity index (χ0n) is 12.9. The third kappa shape index (κ3) is 3.77. The average Bonchev–Trinajstić information content (AvgIpc) is 3.19. The highest BCUT2D eigenvalue weighted by atomic mass is 32.2. The number of ether oxygens (including phenoxy) is 1. The first kappa shape index (κ1) is 16.5. The molecule has 3 rings (SSSR count). The topological polar surface area (TPSA) is 77.3 Å². The number of amides is 1.